The Kier molecular flexibility index (Phi) is 8.02. The fourth-order valence-corrected chi connectivity index (χ4v) is 12.7. The summed E-state index contributed by atoms with van der Waals surface area (Å²) in [7, 11) is 0. The van der Waals surface area contributed by atoms with Gasteiger partial charge in [-0.05, 0) is 141 Å². The monoisotopic (exact) mass is 634 g/mol. The van der Waals surface area contributed by atoms with Gasteiger partial charge in [0.1, 0.15) is 0 Å². The number of aromatic hydroxyl groups is 2. The molecule has 5 fully saturated rings. The van der Waals surface area contributed by atoms with Crippen molar-refractivity contribution < 1.29 is 34.8 Å². The molecule has 252 valence electrons. The van der Waals surface area contributed by atoms with Crippen LogP contribution in [0.4, 0.5) is 0 Å². The third kappa shape index (κ3) is 4.61. The molecule has 7 heteroatoms. The van der Waals surface area contributed by atoms with Gasteiger partial charge in [0.15, 0.2) is 11.5 Å². The first-order valence-electron chi connectivity index (χ1n) is 17.5. The fourth-order valence-electron chi connectivity index (χ4n) is 12.7. The summed E-state index contributed by atoms with van der Waals surface area (Å²) in [4.78, 5) is 26.9. The standard InChI is InChI=1S/C39H54O7/c1-23(2)25-13-18-38(22-46-32(43)12-8-24-7-10-27(40)28(41)21-24)19-20-39(34(44)45)26(33(25)38)9-11-30-36(5)16-15-31(42)35(3,4)29(36)14-17-37(30,39)6/h7-8,10,12,21,25-26,29-31,33,40-42H,1,9,11,13-20,22H2,2-6H3,(H,44,45)/t25-,26+,29-,30+,31-,33+,36-,37+,38+,39+/m0/s1. The number of carboxylic acid groups (broad SMARTS) is 1. The van der Waals surface area contributed by atoms with E-state index in [1.165, 1.54) is 18.2 Å². The number of aliphatic carboxylic acids is 1. The normalized spacial score (nSPS) is 42.7. The van der Waals surface area contributed by atoms with Gasteiger partial charge < -0.3 is 25.2 Å². The lowest BCUT2D eigenvalue weighted by Crippen LogP contribution is -2.69. The van der Waals surface area contributed by atoms with Crippen LogP contribution in [-0.4, -0.2) is 45.1 Å². The predicted molar refractivity (Wildman–Crippen MR) is 177 cm³/mol. The lowest BCUT2D eigenvalue weighted by molar-refractivity contribution is -0.256. The van der Waals surface area contributed by atoms with E-state index in [2.05, 4.69) is 41.2 Å². The number of phenolic OH excluding ortho intramolecular Hbond substituents is 2. The smallest absolute Gasteiger partial charge is 0.330 e. The minimum absolute atomic E-state index is 0.0166. The molecule has 0 amide bonds. The molecule has 0 aliphatic heterocycles. The average Bonchev–Trinajstić information content (AvgIpc) is 3.39. The van der Waals surface area contributed by atoms with Gasteiger partial charge in [0.25, 0.3) is 0 Å². The van der Waals surface area contributed by atoms with Crippen molar-refractivity contribution in [3.05, 3.63) is 42.0 Å². The van der Waals surface area contributed by atoms with E-state index in [0.29, 0.717) is 24.3 Å². The van der Waals surface area contributed by atoms with E-state index in [-0.39, 0.29) is 69.5 Å². The highest BCUT2D eigenvalue weighted by Gasteiger charge is 2.74. The van der Waals surface area contributed by atoms with Crippen LogP contribution in [0.15, 0.2) is 36.4 Å². The summed E-state index contributed by atoms with van der Waals surface area (Å²) < 4.78 is 5.98. The van der Waals surface area contributed by atoms with Gasteiger partial charge in [-0.25, -0.2) is 4.79 Å². The number of ether oxygens (including phenoxy) is 1. The molecule has 1 aromatic rings. The Morgan fingerprint density at radius 2 is 1.67 bits per heavy atom. The summed E-state index contributed by atoms with van der Waals surface area (Å²) in [6.45, 7) is 15.9. The van der Waals surface area contributed by atoms with Gasteiger partial charge in [0, 0.05) is 11.5 Å². The van der Waals surface area contributed by atoms with E-state index in [1.54, 1.807) is 12.1 Å². The maximum absolute atomic E-state index is 13.9. The molecular formula is C39H54O7. The van der Waals surface area contributed by atoms with Gasteiger partial charge in [-0.15, -0.1) is 0 Å². The number of hydrogen-bond acceptors (Lipinski definition) is 6. The summed E-state index contributed by atoms with van der Waals surface area (Å²) in [6, 6.07) is 4.36. The van der Waals surface area contributed by atoms with Crippen LogP contribution in [0.3, 0.4) is 0 Å². The molecule has 0 saturated heterocycles. The molecule has 0 radical (unpaired) electrons. The van der Waals surface area contributed by atoms with Crippen molar-refractivity contribution in [3.63, 3.8) is 0 Å². The first-order valence-corrected chi connectivity index (χ1v) is 17.5. The second kappa shape index (κ2) is 11.1. The van der Waals surface area contributed by atoms with Crippen molar-refractivity contribution in [1.82, 2.24) is 0 Å². The van der Waals surface area contributed by atoms with E-state index < -0.39 is 17.4 Å². The van der Waals surface area contributed by atoms with Crippen LogP contribution in [0.2, 0.25) is 0 Å². The Morgan fingerprint density at radius 1 is 0.935 bits per heavy atom. The zero-order valence-electron chi connectivity index (χ0n) is 28.3. The average molecular weight is 635 g/mol. The first kappa shape index (κ1) is 33.1. The van der Waals surface area contributed by atoms with Crippen molar-refractivity contribution in [3.8, 4) is 11.5 Å². The number of allylic oxidation sites excluding steroid dienone is 1. The molecule has 0 heterocycles. The van der Waals surface area contributed by atoms with Crippen LogP contribution in [0.25, 0.3) is 6.08 Å². The third-order valence-electron chi connectivity index (χ3n) is 14.9. The number of carbonyl (C=O) groups excluding carboxylic acids is 1. The quantitative estimate of drug-likeness (QED) is 0.109. The molecule has 5 saturated carbocycles. The maximum Gasteiger partial charge on any atom is 0.330 e. The van der Waals surface area contributed by atoms with Crippen molar-refractivity contribution >= 4 is 18.0 Å². The Balaban J connectivity index is 1.31. The minimum Gasteiger partial charge on any atom is -0.504 e. The van der Waals surface area contributed by atoms with Gasteiger partial charge in [0.2, 0.25) is 0 Å². The van der Waals surface area contributed by atoms with Crippen LogP contribution in [0, 0.1) is 56.7 Å². The van der Waals surface area contributed by atoms with Gasteiger partial charge in [-0.1, -0.05) is 45.9 Å². The van der Waals surface area contributed by atoms with Crippen LogP contribution in [0.5, 0.6) is 11.5 Å². The summed E-state index contributed by atoms with van der Waals surface area (Å²) in [5.74, 6) is -0.730. The number of phenols is 2. The molecule has 0 bridgehead atoms. The van der Waals surface area contributed by atoms with E-state index in [1.807, 2.05) is 0 Å². The van der Waals surface area contributed by atoms with Crippen molar-refractivity contribution in [2.75, 3.05) is 6.61 Å². The lowest BCUT2D eigenvalue weighted by atomic mass is 9.32. The molecule has 0 unspecified atom stereocenters. The number of carboxylic acids is 1. The number of esters is 1. The maximum atomic E-state index is 13.9. The molecule has 1 aromatic carbocycles. The topological polar surface area (TPSA) is 124 Å². The zero-order valence-corrected chi connectivity index (χ0v) is 28.3. The van der Waals surface area contributed by atoms with Crippen molar-refractivity contribution in [2.24, 2.45) is 56.7 Å². The Bertz CT molecular complexity index is 1450. The highest BCUT2D eigenvalue weighted by molar-refractivity contribution is 5.87. The molecule has 5 aliphatic carbocycles. The Morgan fingerprint density at radius 3 is 2.35 bits per heavy atom. The summed E-state index contributed by atoms with van der Waals surface area (Å²) in [6.07, 6.45) is 11.1. The van der Waals surface area contributed by atoms with Gasteiger partial charge in [-0.2, -0.15) is 0 Å². The SMILES string of the molecule is C=C(C)[C@@H]1CC[C@]2(COC(=O)C=Cc3ccc(O)c(O)c3)CC[C@]3(C(=O)O)[C@H](CC[C@@H]4[C@@]5(C)CC[C@H](O)C(C)(C)[C@@H]5CC[C@]43C)[C@@H]12. The predicted octanol–water partition coefficient (Wildman–Crippen LogP) is 7.74. The molecule has 0 aromatic heterocycles. The zero-order chi connectivity index (χ0) is 33.4. The molecule has 7 nitrogen and oxygen atoms in total. The number of aliphatic hydroxyl groups excluding tert-OH is 1. The van der Waals surface area contributed by atoms with Crippen molar-refractivity contribution in [1.29, 1.82) is 0 Å². The van der Waals surface area contributed by atoms with E-state index in [4.69, 9.17) is 4.74 Å². The van der Waals surface area contributed by atoms with E-state index >= 15 is 0 Å². The second-order valence-electron chi connectivity index (χ2n) is 17.0. The number of aliphatic hydroxyl groups is 1. The van der Waals surface area contributed by atoms with E-state index in [9.17, 15) is 30.0 Å². The van der Waals surface area contributed by atoms with Crippen LogP contribution in [-0.2, 0) is 14.3 Å². The van der Waals surface area contributed by atoms with Crippen LogP contribution >= 0.6 is 0 Å². The fraction of sp³-hybridized carbons (Fsp3) is 0.692. The Hall–Kier alpha value is -2.80. The van der Waals surface area contributed by atoms with Gasteiger partial charge >= 0.3 is 11.9 Å². The molecule has 6 rings (SSSR count). The molecule has 46 heavy (non-hydrogen) atoms. The molecule has 0 spiro atoms. The molecule has 5 aliphatic rings. The number of fused-ring (bicyclic) bond motifs is 7. The molecular weight excluding hydrogens is 580 g/mol. The molecule has 10 atom stereocenters. The van der Waals surface area contributed by atoms with Gasteiger partial charge in [-0.3, -0.25) is 4.79 Å². The number of carbonyl (C=O) groups is 2. The largest absolute Gasteiger partial charge is 0.504 e. The molecule has 4 N–H and O–H groups in total. The highest BCUT2D eigenvalue weighted by Crippen LogP contribution is 2.77. The third-order valence-corrected chi connectivity index (χ3v) is 14.9. The number of hydrogen-bond donors (Lipinski definition) is 4. The lowest BCUT2D eigenvalue weighted by Gasteiger charge is -2.72. The van der Waals surface area contributed by atoms with E-state index in [0.717, 1.165) is 56.9 Å². The van der Waals surface area contributed by atoms with Crippen LogP contribution in [0.1, 0.15) is 104 Å². The minimum atomic E-state index is -0.860. The number of rotatable bonds is 6. The highest BCUT2D eigenvalue weighted by atomic mass is 16.5. The summed E-state index contributed by atoms with van der Waals surface area (Å²) >= 11 is 0. The second-order valence-corrected chi connectivity index (χ2v) is 17.0. The summed E-state index contributed by atoms with van der Waals surface area (Å²) in [5, 5.41) is 41.8. The summed E-state index contributed by atoms with van der Waals surface area (Å²) in [5.41, 5.74) is -0.0694. The van der Waals surface area contributed by atoms with Crippen LogP contribution < -0.4 is 0 Å². The van der Waals surface area contributed by atoms with Gasteiger partial charge in [0.05, 0.1) is 18.1 Å². The first-order chi connectivity index (χ1) is 21.5. The van der Waals surface area contributed by atoms with Crippen molar-refractivity contribution in [2.45, 2.75) is 105 Å². The number of benzene rings is 1. The Labute approximate surface area is 274 Å².